The van der Waals surface area contributed by atoms with Crippen LogP contribution in [-0.2, 0) is 24.4 Å². The Hall–Kier alpha value is -1.45. The molecule has 0 saturated heterocycles. The van der Waals surface area contributed by atoms with Crippen LogP contribution in [0.4, 0.5) is 0 Å². The lowest BCUT2D eigenvalue weighted by Gasteiger charge is -2.21. The van der Waals surface area contributed by atoms with Crippen molar-refractivity contribution in [3.05, 3.63) is 12.7 Å². The van der Waals surface area contributed by atoms with E-state index in [2.05, 4.69) is 11.3 Å². The van der Waals surface area contributed by atoms with Crippen molar-refractivity contribution >= 4 is 22.1 Å². The average Bonchev–Trinajstić information content (AvgIpc) is 2.10. The van der Waals surface area contributed by atoms with Gasteiger partial charge < -0.3 is 15.6 Å². The van der Waals surface area contributed by atoms with Crippen molar-refractivity contribution in [1.29, 1.82) is 0 Å². The number of esters is 1. The van der Waals surface area contributed by atoms with E-state index in [4.69, 9.17) is 15.4 Å². The molecule has 1 unspecified atom stereocenters. The molecule has 0 aromatic carbocycles. The van der Waals surface area contributed by atoms with Gasteiger partial charge in [0.15, 0.2) is 0 Å². The molecule has 0 aromatic rings. The number of carbonyl (C=O) groups excluding carboxylic acids is 1. The highest BCUT2D eigenvalue weighted by Crippen LogP contribution is 2.16. The van der Waals surface area contributed by atoms with Gasteiger partial charge in [0.2, 0.25) is 0 Å². The maximum absolute atomic E-state index is 11.2. The van der Waals surface area contributed by atoms with E-state index < -0.39 is 33.3 Å². The summed E-state index contributed by atoms with van der Waals surface area (Å²) in [5.41, 5.74) is 5.03. The van der Waals surface area contributed by atoms with Gasteiger partial charge in [0.25, 0.3) is 15.0 Å². The average molecular weight is 253 g/mol. The Bertz CT molecular complexity index is 401. The highest BCUT2D eigenvalue weighted by Gasteiger charge is 2.50. The van der Waals surface area contributed by atoms with Gasteiger partial charge >= 0.3 is 11.9 Å². The van der Waals surface area contributed by atoms with Gasteiger partial charge in [-0.05, 0) is 0 Å². The first kappa shape index (κ1) is 14.6. The Morgan fingerprint density at radius 1 is 1.50 bits per heavy atom. The molecule has 0 aliphatic heterocycles. The number of hydrogen-bond acceptors (Lipinski definition) is 6. The monoisotopic (exact) mass is 253 g/mol. The fraction of sp³-hybridized carbons (Fsp3) is 0.429. The van der Waals surface area contributed by atoms with Gasteiger partial charge in [-0.1, -0.05) is 12.7 Å². The zero-order valence-electron chi connectivity index (χ0n) is 8.12. The molecule has 0 saturated carbocycles. The van der Waals surface area contributed by atoms with Gasteiger partial charge in [0, 0.05) is 0 Å². The van der Waals surface area contributed by atoms with Crippen LogP contribution in [0.1, 0.15) is 6.42 Å². The molecule has 92 valence electrons. The Morgan fingerprint density at radius 3 is 2.31 bits per heavy atom. The number of carboxylic acids is 1. The minimum Gasteiger partial charge on any atom is -0.481 e. The van der Waals surface area contributed by atoms with Crippen molar-refractivity contribution in [2.45, 2.75) is 11.3 Å². The van der Waals surface area contributed by atoms with Crippen LogP contribution in [0.2, 0.25) is 0 Å². The molecule has 16 heavy (non-hydrogen) atoms. The molecule has 9 heteroatoms. The van der Waals surface area contributed by atoms with Crippen molar-refractivity contribution in [1.82, 2.24) is 0 Å². The molecule has 0 aliphatic carbocycles. The van der Waals surface area contributed by atoms with Gasteiger partial charge in [-0.3, -0.25) is 9.35 Å². The number of ether oxygens (including phenoxy) is 1. The maximum atomic E-state index is 11.2. The number of aliphatic carboxylic acids is 1. The van der Waals surface area contributed by atoms with Crippen molar-refractivity contribution in [2.75, 3.05) is 6.61 Å². The van der Waals surface area contributed by atoms with Gasteiger partial charge in [0.05, 0.1) is 6.42 Å². The molecule has 4 N–H and O–H groups in total. The summed E-state index contributed by atoms with van der Waals surface area (Å²) in [6, 6.07) is 0. The van der Waals surface area contributed by atoms with E-state index in [0.717, 1.165) is 6.08 Å². The van der Waals surface area contributed by atoms with Crippen LogP contribution >= 0.6 is 0 Å². The SMILES string of the molecule is C=CCOC(=O)C(N)(CC(=O)O)S(=O)(=O)O. The first-order valence-corrected chi connectivity index (χ1v) is 5.35. The maximum Gasteiger partial charge on any atom is 0.345 e. The van der Waals surface area contributed by atoms with Crippen LogP contribution in [0.5, 0.6) is 0 Å². The van der Waals surface area contributed by atoms with Crippen molar-refractivity contribution in [2.24, 2.45) is 5.73 Å². The summed E-state index contributed by atoms with van der Waals surface area (Å²) >= 11 is 0. The number of nitrogens with two attached hydrogens (primary N) is 1. The fourth-order valence-corrected chi connectivity index (χ4v) is 1.33. The van der Waals surface area contributed by atoms with Crippen LogP contribution in [0, 0.1) is 0 Å². The minimum absolute atomic E-state index is 0.354. The van der Waals surface area contributed by atoms with Crippen molar-refractivity contribution < 1.29 is 32.4 Å². The second-order valence-corrected chi connectivity index (χ2v) is 4.50. The lowest BCUT2D eigenvalue weighted by molar-refractivity contribution is -0.150. The molecule has 0 fully saturated rings. The fourth-order valence-electron chi connectivity index (χ4n) is 0.750. The van der Waals surface area contributed by atoms with E-state index >= 15 is 0 Å². The van der Waals surface area contributed by atoms with E-state index in [-0.39, 0.29) is 6.61 Å². The Kier molecular flexibility index (Phi) is 4.60. The van der Waals surface area contributed by atoms with Gasteiger partial charge in [-0.25, -0.2) is 4.79 Å². The second-order valence-electron chi connectivity index (χ2n) is 2.82. The standard InChI is InChI=1S/C7H11NO7S/c1-2-3-15-6(11)7(8,4-5(9)10)16(12,13)14/h2H,1,3-4,8H2,(H,9,10)(H,12,13,14). The van der Waals surface area contributed by atoms with E-state index in [0.29, 0.717) is 0 Å². The van der Waals surface area contributed by atoms with Gasteiger partial charge in [0.1, 0.15) is 6.61 Å². The van der Waals surface area contributed by atoms with E-state index in [1.807, 2.05) is 0 Å². The second kappa shape index (κ2) is 5.05. The number of rotatable bonds is 6. The van der Waals surface area contributed by atoms with Crippen LogP contribution in [0.3, 0.4) is 0 Å². The van der Waals surface area contributed by atoms with E-state index in [1.54, 1.807) is 0 Å². The molecule has 0 rings (SSSR count). The highest BCUT2D eigenvalue weighted by atomic mass is 32.2. The normalized spacial score (nSPS) is 14.9. The van der Waals surface area contributed by atoms with Gasteiger partial charge in [-0.15, -0.1) is 0 Å². The number of carboxylic acid groups (broad SMARTS) is 1. The molecular weight excluding hydrogens is 242 g/mol. The molecule has 0 heterocycles. The summed E-state index contributed by atoms with van der Waals surface area (Å²) in [7, 11) is -5.10. The summed E-state index contributed by atoms with van der Waals surface area (Å²) in [4.78, 5) is 18.6. The summed E-state index contributed by atoms with van der Waals surface area (Å²) in [6.45, 7) is 2.84. The summed E-state index contributed by atoms with van der Waals surface area (Å²) < 4.78 is 34.7. The van der Waals surface area contributed by atoms with Crippen LogP contribution < -0.4 is 5.73 Å². The Balaban J connectivity index is 5.16. The largest absolute Gasteiger partial charge is 0.481 e. The molecule has 0 radical (unpaired) electrons. The van der Waals surface area contributed by atoms with Crippen LogP contribution in [0.15, 0.2) is 12.7 Å². The topological polar surface area (TPSA) is 144 Å². The zero-order chi connectivity index (χ0) is 13.0. The molecule has 0 amide bonds. The first-order valence-electron chi connectivity index (χ1n) is 3.91. The van der Waals surface area contributed by atoms with Crippen molar-refractivity contribution in [3.63, 3.8) is 0 Å². The lowest BCUT2D eigenvalue weighted by Crippen LogP contribution is -2.56. The predicted molar refractivity (Wildman–Crippen MR) is 51.9 cm³/mol. The lowest BCUT2D eigenvalue weighted by atomic mass is 10.2. The van der Waals surface area contributed by atoms with E-state index in [9.17, 15) is 18.0 Å². The number of hydrogen-bond donors (Lipinski definition) is 3. The molecular formula is C7H11NO7S. The molecule has 8 nitrogen and oxygen atoms in total. The Morgan fingerprint density at radius 2 is 2.00 bits per heavy atom. The third-order valence-corrected chi connectivity index (χ3v) is 2.78. The Labute approximate surface area is 91.4 Å². The summed E-state index contributed by atoms with van der Waals surface area (Å²) in [6.07, 6.45) is -0.176. The number of carbonyl (C=O) groups is 2. The zero-order valence-corrected chi connectivity index (χ0v) is 8.94. The minimum atomic E-state index is -5.10. The van der Waals surface area contributed by atoms with Crippen molar-refractivity contribution in [3.8, 4) is 0 Å². The third-order valence-electron chi connectivity index (χ3n) is 1.55. The summed E-state index contributed by atoms with van der Waals surface area (Å²) in [5.74, 6) is -3.23. The molecule has 0 bridgehead atoms. The predicted octanol–water partition coefficient (Wildman–Crippen LogP) is -1.27. The smallest absolute Gasteiger partial charge is 0.345 e. The highest BCUT2D eigenvalue weighted by molar-refractivity contribution is 7.88. The molecule has 0 spiro atoms. The summed E-state index contributed by atoms with van der Waals surface area (Å²) in [5, 5.41) is 8.40. The van der Waals surface area contributed by atoms with E-state index in [1.165, 1.54) is 0 Å². The quantitative estimate of drug-likeness (QED) is 0.302. The molecule has 1 atom stereocenters. The molecule has 0 aliphatic rings. The third kappa shape index (κ3) is 3.29. The first-order chi connectivity index (χ1) is 7.15. The van der Waals surface area contributed by atoms with Gasteiger partial charge in [-0.2, -0.15) is 8.42 Å². The molecule has 0 aromatic heterocycles. The van der Waals surface area contributed by atoms with Crippen LogP contribution in [-0.4, -0.2) is 41.5 Å². The van der Waals surface area contributed by atoms with Crippen LogP contribution in [0.25, 0.3) is 0 Å².